The van der Waals surface area contributed by atoms with Gasteiger partial charge >= 0.3 is 59.1 Å². The van der Waals surface area contributed by atoms with Crippen LogP contribution in [-0.4, -0.2) is 11.9 Å². The fourth-order valence-electron chi connectivity index (χ4n) is 2.90. The molecule has 2 aliphatic rings. The second-order valence-corrected chi connectivity index (χ2v) is 5.17. The molecule has 2 rings (SSSR count). The average Bonchev–Trinajstić information content (AvgIpc) is 2.36. The van der Waals surface area contributed by atoms with E-state index in [-0.39, 0.29) is 69.9 Å². The van der Waals surface area contributed by atoms with Crippen molar-refractivity contribution in [2.45, 2.75) is 40.0 Å². The van der Waals surface area contributed by atoms with Gasteiger partial charge < -0.3 is 15.0 Å². The molecule has 0 aromatic carbocycles. The van der Waals surface area contributed by atoms with Crippen LogP contribution in [0, 0.1) is 16.7 Å². The van der Waals surface area contributed by atoms with Crippen molar-refractivity contribution in [3.05, 3.63) is 0 Å². The molecule has 2 unspecified atom stereocenters. The van der Waals surface area contributed by atoms with Crippen LogP contribution >= 0.6 is 0 Å². The molecule has 0 spiro atoms. The SMILES string of the molecule is CC12CCC(CC1=O)C2(C)C.O=C([O-])[O-].[Na+].[Na+]. The van der Waals surface area contributed by atoms with E-state index in [4.69, 9.17) is 15.0 Å². The summed E-state index contributed by atoms with van der Waals surface area (Å²) in [7, 11) is 0. The fraction of sp³-hybridized carbons (Fsp3) is 0.818. The van der Waals surface area contributed by atoms with E-state index < -0.39 is 6.16 Å². The molecule has 6 heteroatoms. The van der Waals surface area contributed by atoms with Gasteiger partial charge in [0.2, 0.25) is 0 Å². The summed E-state index contributed by atoms with van der Waals surface area (Å²) in [6.45, 7) is 6.67. The zero-order valence-corrected chi connectivity index (χ0v) is 15.3. The molecular weight excluding hydrogens is 242 g/mol. The Bertz CT molecular complexity index is 300. The molecule has 0 aromatic rings. The third-order valence-corrected chi connectivity index (χ3v) is 4.48. The van der Waals surface area contributed by atoms with Crippen LogP contribution in [0.1, 0.15) is 40.0 Å². The van der Waals surface area contributed by atoms with Crippen LogP contribution < -0.4 is 69.3 Å². The number of hydrogen-bond acceptors (Lipinski definition) is 4. The molecule has 0 aromatic heterocycles. The molecule has 2 saturated carbocycles. The maximum atomic E-state index is 11.6. The van der Waals surface area contributed by atoms with E-state index in [9.17, 15) is 4.79 Å². The van der Waals surface area contributed by atoms with E-state index in [1.54, 1.807) is 0 Å². The Morgan fingerprint density at radius 3 is 1.76 bits per heavy atom. The molecule has 2 bridgehead atoms. The van der Waals surface area contributed by atoms with Crippen LogP contribution in [0.3, 0.4) is 0 Å². The summed E-state index contributed by atoms with van der Waals surface area (Å²) >= 11 is 0. The summed E-state index contributed by atoms with van der Waals surface area (Å²) in [5.41, 5.74) is 0.307. The number of carbonyl (C=O) groups is 2. The number of carboxylic acid groups (broad SMARTS) is 2. The van der Waals surface area contributed by atoms with Crippen LogP contribution in [-0.2, 0) is 4.79 Å². The zero-order chi connectivity index (χ0) is 11.9. The van der Waals surface area contributed by atoms with Gasteiger partial charge in [-0.05, 0) is 30.3 Å². The molecule has 0 amide bonds. The van der Waals surface area contributed by atoms with Crippen LogP contribution in [0.15, 0.2) is 0 Å². The minimum absolute atomic E-state index is 0. The van der Waals surface area contributed by atoms with Crippen LogP contribution in [0.4, 0.5) is 4.79 Å². The van der Waals surface area contributed by atoms with Crippen molar-refractivity contribution in [2.75, 3.05) is 0 Å². The molecule has 0 heterocycles. The summed E-state index contributed by atoms with van der Waals surface area (Å²) in [6.07, 6.45) is 0.919. The number of rotatable bonds is 0. The van der Waals surface area contributed by atoms with Crippen LogP contribution in [0.5, 0.6) is 0 Å². The van der Waals surface area contributed by atoms with E-state index in [0.717, 1.165) is 12.8 Å². The molecule has 4 nitrogen and oxygen atoms in total. The summed E-state index contributed by atoms with van der Waals surface area (Å²) in [5, 5.41) is 16.7. The third-order valence-electron chi connectivity index (χ3n) is 4.48. The van der Waals surface area contributed by atoms with Crippen molar-refractivity contribution in [2.24, 2.45) is 16.7 Å². The largest absolute Gasteiger partial charge is 1.00 e. The second-order valence-electron chi connectivity index (χ2n) is 5.17. The molecule has 0 N–H and O–H groups in total. The van der Waals surface area contributed by atoms with E-state index in [2.05, 4.69) is 20.8 Å². The maximum Gasteiger partial charge on any atom is 1.00 e. The Balaban J connectivity index is 0. The maximum absolute atomic E-state index is 11.6. The molecule has 86 valence electrons. The van der Waals surface area contributed by atoms with Gasteiger partial charge in [-0.3, -0.25) is 4.79 Å². The molecule has 2 fully saturated rings. The molecule has 2 atom stereocenters. The van der Waals surface area contributed by atoms with Crippen LogP contribution in [0.25, 0.3) is 0 Å². The quantitative estimate of drug-likeness (QED) is 0.405. The summed E-state index contributed by atoms with van der Waals surface area (Å²) in [5.74, 6) is 1.19. The predicted molar refractivity (Wildman–Crippen MR) is 49.6 cm³/mol. The smallest absolute Gasteiger partial charge is 0.652 e. The first-order valence-corrected chi connectivity index (χ1v) is 5.13. The summed E-state index contributed by atoms with van der Waals surface area (Å²) in [6, 6.07) is 0. The van der Waals surface area contributed by atoms with Crippen molar-refractivity contribution in [1.29, 1.82) is 0 Å². The Morgan fingerprint density at radius 1 is 1.24 bits per heavy atom. The molecule has 2 aliphatic carbocycles. The minimum Gasteiger partial charge on any atom is -0.652 e. The van der Waals surface area contributed by atoms with Crippen molar-refractivity contribution in [3.8, 4) is 0 Å². The van der Waals surface area contributed by atoms with Gasteiger partial charge in [-0.25, -0.2) is 0 Å². The summed E-state index contributed by atoms with van der Waals surface area (Å²) < 4.78 is 0. The van der Waals surface area contributed by atoms with Gasteiger partial charge in [0.15, 0.2) is 0 Å². The van der Waals surface area contributed by atoms with Gasteiger partial charge in [0, 0.05) is 11.8 Å². The zero-order valence-electron chi connectivity index (χ0n) is 11.3. The molecule has 17 heavy (non-hydrogen) atoms. The van der Waals surface area contributed by atoms with Gasteiger partial charge in [0.1, 0.15) is 5.78 Å². The van der Waals surface area contributed by atoms with Gasteiger partial charge in [0.25, 0.3) is 0 Å². The topological polar surface area (TPSA) is 80.3 Å². The van der Waals surface area contributed by atoms with E-state index in [0.29, 0.717) is 11.7 Å². The van der Waals surface area contributed by atoms with E-state index in [1.807, 2.05) is 0 Å². The van der Waals surface area contributed by atoms with Gasteiger partial charge in [-0.1, -0.05) is 20.8 Å². The van der Waals surface area contributed by atoms with Gasteiger partial charge in [-0.2, -0.15) is 0 Å². The second kappa shape index (κ2) is 6.92. The number of ketones is 1. The molecular formula is C11H16Na2O4. The Kier molecular flexibility index (Phi) is 8.25. The number of carbonyl (C=O) groups excluding carboxylic acids is 2. The van der Waals surface area contributed by atoms with Gasteiger partial charge in [-0.15, -0.1) is 0 Å². The molecule has 0 radical (unpaired) electrons. The average molecular weight is 258 g/mol. The molecule has 0 saturated heterocycles. The Labute approximate surface area is 146 Å². The molecule has 0 aliphatic heterocycles. The van der Waals surface area contributed by atoms with Gasteiger partial charge in [0.05, 0.1) is 0 Å². The minimum atomic E-state index is -2.33. The van der Waals surface area contributed by atoms with Crippen molar-refractivity contribution in [3.63, 3.8) is 0 Å². The van der Waals surface area contributed by atoms with E-state index >= 15 is 0 Å². The van der Waals surface area contributed by atoms with E-state index in [1.165, 1.54) is 6.42 Å². The predicted octanol–water partition coefficient (Wildman–Crippen LogP) is -6.04. The standard InChI is InChI=1S/C10H16O.CH2O3.2Na/c1-9(2)7-4-5-10(9,3)8(11)6-7;2-1(3)4;;/h7H,4-6H2,1-3H3;(H2,2,3,4);;/q;;2*+1/p-2. The van der Waals surface area contributed by atoms with Crippen molar-refractivity contribution in [1.82, 2.24) is 0 Å². The van der Waals surface area contributed by atoms with Crippen molar-refractivity contribution >= 4 is 11.9 Å². The van der Waals surface area contributed by atoms with Crippen molar-refractivity contribution < 1.29 is 78.9 Å². The number of Topliss-reactive ketones (excluding diaryl/α,β-unsaturated/α-hetero) is 1. The van der Waals surface area contributed by atoms with Crippen LogP contribution in [0.2, 0.25) is 0 Å². The first kappa shape index (κ1) is 20.3. The number of hydrogen-bond donors (Lipinski definition) is 0. The summed E-state index contributed by atoms with van der Waals surface area (Å²) in [4.78, 5) is 19.9. The monoisotopic (exact) mass is 258 g/mol. The normalized spacial score (nSPS) is 31.7. The first-order chi connectivity index (χ1) is 6.72. The first-order valence-electron chi connectivity index (χ1n) is 5.13. The number of fused-ring (bicyclic) bond motifs is 2. The fourth-order valence-corrected chi connectivity index (χ4v) is 2.90. The Hall–Kier alpha value is 0.940. The Morgan fingerprint density at radius 2 is 1.65 bits per heavy atom. The third kappa shape index (κ3) is 3.71.